The van der Waals surface area contributed by atoms with Crippen molar-refractivity contribution in [1.29, 1.82) is 0 Å². The first-order valence-corrected chi connectivity index (χ1v) is 10.8. The quantitative estimate of drug-likeness (QED) is 0.454. The van der Waals surface area contributed by atoms with Crippen LogP contribution in [0.15, 0.2) is 53.5 Å². The number of guanidine groups is 1. The van der Waals surface area contributed by atoms with Gasteiger partial charge in [0.25, 0.3) is 5.91 Å². The maximum Gasteiger partial charge on any atom is 0.254 e. The Kier molecular flexibility index (Phi) is 8.29. The van der Waals surface area contributed by atoms with Gasteiger partial charge in [0.05, 0.1) is 13.1 Å². The molecule has 2 aromatic rings. The second kappa shape index (κ2) is 11.4. The SMILES string of the molecule is CCNC(=NCc1ccc(C(=O)N2CCNC(=O)C2)cc1)NCCc1cccc(Cl)c1. The van der Waals surface area contributed by atoms with Gasteiger partial charge in [-0.1, -0.05) is 35.9 Å². The zero-order chi connectivity index (χ0) is 22.1. The third-order valence-corrected chi connectivity index (χ3v) is 5.12. The number of nitrogens with one attached hydrogen (secondary N) is 3. The first kappa shape index (κ1) is 22.6. The van der Waals surface area contributed by atoms with Gasteiger partial charge in [0, 0.05) is 36.8 Å². The molecule has 31 heavy (non-hydrogen) atoms. The van der Waals surface area contributed by atoms with Gasteiger partial charge in [-0.2, -0.15) is 0 Å². The number of hydrogen-bond acceptors (Lipinski definition) is 3. The Morgan fingerprint density at radius 1 is 1.16 bits per heavy atom. The van der Waals surface area contributed by atoms with Crippen molar-refractivity contribution in [2.24, 2.45) is 4.99 Å². The topological polar surface area (TPSA) is 85.8 Å². The summed E-state index contributed by atoms with van der Waals surface area (Å²) >= 11 is 6.04. The van der Waals surface area contributed by atoms with Crippen LogP contribution in [0.4, 0.5) is 0 Å². The molecule has 0 unspecified atom stereocenters. The number of carbonyl (C=O) groups excluding carboxylic acids is 2. The normalized spacial score (nSPS) is 14.2. The van der Waals surface area contributed by atoms with E-state index in [9.17, 15) is 9.59 Å². The van der Waals surface area contributed by atoms with E-state index >= 15 is 0 Å². The average Bonchev–Trinajstić information content (AvgIpc) is 2.77. The van der Waals surface area contributed by atoms with Gasteiger partial charge in [0.1, 0.15) is 0 Å². The van der Waals surface area contributed by atoms with Crippen molar-refractivity contribution < 1.29 is 9.59 Å². The van der Waals surface area contributed by atoms with Crippen LogP contribution in [0.2, 0.25) is 5.02 Å². The Balaban J connectivity index is 1.53. The van der Waals surface area contributed by atoms with Crippen molar-refractivity contribution in [1.82, 2.24) is 20.9 Å². The van der Waals surface area contributed by atoms with Crippen LogP contribution in [0, 0.1) is 0 Å². The third kappa shape index (κ3) is 7.00. The second-order valence-electron chi connectivity index (χ2n) is 7.28. The van der Waals surface area contributed by atoms with Crippen LogP contribution >= 0.6 is 11.6 Å². The van der Waals surface area contributed by atoms with Gasteiger partial charge in [0.15, 0.2) is 5.96 Å². The van der Waals surface area contributed by atoms with Crippen LogP contribution < -0.4 is 16.0 Å². The van der Waals surface area contributed by atoms with Gasteiger partial charge in [-0.15, -0.1) is 0 Å². The molecule has 3 rings (SSSR count). The molecule has 0 radical (unpaired) electrons. The van der Waals surface area contributed by atoms with Crippen molar-refractivity contribution >= 4 is 29.4 Å². The van der Waals surface area contributed by atoms with E-state index in [-0.39, 0.29) is 18.4 Å². The lowest BCUT2D eigenvalue weighted by atomic mass is 10.1. The maximum absolute atomic E-state index is 12.6. The fraction of sp³-hybridized carbons (Fsp3) is 0.348. The van der Waals surface area contributed by atoms with Crippen LogP contribution in [-0.2, 0) is 17.8 Å². The number of nitrogens with zero attached hydrogens (tertiary/aromatic N) is 2. The predicted octanol–water partition coefficient (Wildman–Crippen LogP) is 2.21. The molecule has 7 nitrogen and oxygen atoms in total. The van der Waals surface area contributed by atoms with Crippen LogP contribution in [0.1, 0.15) is 28.4 Å². The molecule has 0 bridgehead atoms. The molecule has 3 N–H and O–H groups in total. The Morgan fingerprint density at radius 3 is 2.68 bits per heavy atom. The fourth-order valence-electron chi connectivity index (χ4n) is 3.28. The fourth-order valence-corrected chi connectivity index (χ4v) is 3.49. The van der Waals surface area contributed by atoms with Crippen LogP contribution in [-0.4, -0.2) is 55.4 Å². The van der Waals surface area contributed by atoms with E-state index in [1.54, 1.807) is 17.0 Å². The van der Waals surface area contributed by atoms with E-state index in [1.807, 2.05) is 37.3 Å². The minimum Gasteiger partial charge on any atom is -0.357 e. The summed E-state index contributed by atoms with van der Waals surface area (Å²) in [4.78, 5) is 30.2. The van der Waals surface area contributed by atoms with Gasteiger partial charge in [-0.25, -0.2) is 4.99 Å². The number of halogens is 1. The van der Waals surface area contributed by atoms with E-state index < -0.39 is 0 Å². The molecule has 0 aromatic heterocycles. The summed E-state index contributed by atoms with van der Waals surface area (Å²) in [6.07, 6.45) is 0.844. The molecule has 0 saturated carbocycles. The van der Waals surface area contributed by atoms with Crippen molar-refractivity contribution in [2.75, 3.05) is 32.7 Å². The molecule has 1 heterocycles. The van der Waals surface area contributed by atoms with Crippen molar-refractivity contribution in [3.8, 4) is 0 Å². The van der Waals surface area contributed by atoms with Gasteiger partial charge >= 0.3 is 0 Å². The number of carbonyl (C=O) groups is 2. The monoisotopic (exact) mass is 441 g/mol. The van der Waals surface area contributed by atoms with Crippen LogP contribution in [0.5, 0.6) is 0 Å². The lowest BCUT2D eigenvalue weighted by Gasteiger charge is -2.26. The van der Waals surface area contributed by atoms with E-state index in [1.165, 1.54) is 5.56 Å². The number of benzene rings is 2. The molecular weight excluding hydrogens is 414 g/mol. The lowest BCUT2D eigenvalue weighted by Crippen LogP contribution is -2.49. The standard InChI is InChI=1S/C23H28ClN5O2/c1-2-25-23(27-11-10-17-4-3-5-20(24)14-17)28-15-18-6-8-19(9-7-18)22(31)29-13-12-26-21(30)16-29/h3-9,14H,2,10-13,15-16H2,1H3,(H,26,30)(H2,25,27,28). The second-order valence-corrected chi connectivity index (χ2v) is 7.71. The maximum atomic E-state index is 12.6. The average molecular weight is 442 g/mol. The zero-order valence-corrected chi connectivity index (χ0v) is 18.4. The van der Waals surface area contributed by atoms with Gasteiger partial charge in [-0.3, -0.25) is 9.59 Å². The molecule has 1 fully saturated rings. The van der Waals surface area contributed by atoms with Crippen molar-refractivity contribution in [3.05, 3.63) is 70.2 Å². The minimum atomic E-state index is -0.124. The highest BCUT2D eigenvalue weighted by Gasteiger charge is 2.22. The van der Waals surface area contributed by atoms with Crippen molar-refractivity contribution in [3.63, 3.8) is 0 Å². The summed E-state index contributed by atoms with van der Waals surface area (Å²) in [5.41, 5.74) is 2.75. The Hall–Kier alpha value is -3.06. The molecule has 1 aliphatic heterocycles. The number of piperazine rings is 1. The minimum absolute atomic E-state index is 0.109. The van der Waals surface area contributed by atoms with Crippen molar-refractivity contribution in [2.45, 2.75) is 19.9 Å². The third-order valence-electron chi connectivity index (χ3n) is 4.89. The molecular formula is C23H28ClN5O2. The Labute approximate surface area is 187 Å². The summed E-state index contributed by atoms with van der Waals surface area (Å²) in [6.45, 7) is 5.15. The summed E-state index contributed by atoms with van der Waals surface area (Å²) < 4.78 is 0. The van der Waals surface area contributed by atoms with E-state index in [4.69, 9.17) is 11.6 Å². The zero-order valence-electron chi connectivity index (χ0n) is 17.7. The summed E-state index contributed by atoms with van der Waals surface area (Å²) in [5, 5.41) is 10.0. The summed E-state index contributed by atoms with van der Waals surface area (Å²) in [5.74, 6) is 0.495. The smallest absolute Gasteiger partial charge is 0.254 e. The van der Waals surface area contributed by atoms with Gasteiger partial charge in [-0.05, 0) is 48.7 Å². The molecule has 8 heteroatoms. The molecule has 1 saturated heterocycles. The molecule has 2 amide bonds. The molecule has 0 atom stereocenters. The van der Waals surface area contributed by atoms with E-state index in [0.717, 1.165) is 36.1 Å². The number of amides is 2. The first-order valence-electron chi connectivity index (χ1n) is 10.5. The number of rotatable bonds is 7. The lowest BCUT2D eigenvalue weighted by molar-refractivity contribution is -0.123. The number of hydrogen-bond donors (Lipinski definition) is 3. The van der Waals surface area contributed by atoms with Gasteiger partial charge in [0.2, 0.25) is 5.91 Å². The Morgan fingerprint density at radius 2 is 1.97 bits per heavy atom. The highest BCUT2D eigenvalue weighted by molar-refractivity contribution is 6.30. The molecule has 1 aliphatic rings. The van der Waals surface area contributed by atoms with Gasteiger partial charge < -0.3 is 20.9 Å². The summed E-state index contributed by atoms with van der Waals surface area (Å²) in [6, 6.07) is 15.2. The summed E-state index contributed by atoms with van der Waals surface area (Å²) in [7, 11) is 0. The van der Waals surface area contributed by atoms with E-state index in [2.05, 4.69) is 27.0 Å². The van der Waals surface area contributed by atoms with Crippen LogP contribution in [0.25, 0.3) is 0 Å². The molecule has 0 spiro atoms. The largest absolute Gasteiger partial charge is 0.357 e. The predicted molar refractivity (Wildman–Crippen MR) is 123 cm³/mol. The molecule has 0 aliphatic carbocycles. The Bertz CT molecular complexity index is 930. The molecule has 2 aromatic carbocycles. The van der Waals surface area contributed by atoms with Crippen LogP contribution in [0.3, 0.4) is 0 Å². The van der Waals surface area contributed by atoms with E-state index in [0.29, 0.717) is 25.2 Å². The molecule has 164 valence electrons. The first-order chi connectivity index (χ1) is 15.0. The highest BCUT2D eigenvalue weighted by Crippen LogP contribution is 2.11. The highest BCUT2D eigenvalue weighted by atomic mass is 35.5. The number of aliphatic imine (C=N–C) groups is 1.